The Morgan fingerprint density at radius 2 is 1.93 bits per heavy atom. The molecule has 0 aliphatic carbocycles. The second-order valence-electron chi connectivity index (χ2n) is 6.62. The van der Waals surface area contributed by atoms with Crippen molar-refractivity contribution < 1.29 is 17.6 Å². The molecule has 3 heterocycles. The van der Waals surface area contributed by atoms with Crippen LogP contribution in [0.25, 0.3) is 11.5 Å². The van der Waals surface area contributed by atoms with Gasteiger partial charge in [0.2, 0.25) is 0 Å². The van der Waals surface area contributed by atoms with Crippen LogP contribution in [0, 0.1) is 6.92 Å². The van der Waals surface area contributed by atoms with Crippen LogP contribution in [0.15, 0.2) is 70.6 Å². The summed E-state index contributed by atoms with van der Waals surface area (Å²) in [6.45, 7) is 1.88. The highest BCUT2D eigenvalue weighted by molar-refractivity contribution is 7.98. The lowest BCUT2D eigenvalue weighted by atomic mass is 10.1. The minimum absolute atomic E-state index is 0.201. The van der Waals surface area contributed by atoms with Crippen LogP contribution in [-0.4, -0.2) is 19.7 Å². The van der Waals surface area contributed by atoms with Crippen molar-refractivity contribution in [3.05, 3.63) is 83.4 Å². The van der Waals surface area contributed by atoms with Gasteiger partial charge in [-0.1, -0.05) is 30.0 Å². The topological polar surface area (TPSA) is 56.7 Å². The first-order chi connectivity index (χ1) is 14.4. The maximum atomic E-state index is 13.0. The summed E-state index contributed by atoms with van der Waals surface area (Å²) in [5.74, 6) is 1.79. The standard InChI is InChI=1S/C21H17F3N4OS/c1-14-11-15(7-8-17(14)21(22,23)24)13-30-20-27-26-19(18-6-2-3-9-25-18)28(20)12-16-5-4-10-29-16/h2-11H,12-13H2,1H3. The number of hydrogen-bond donors (Lipinski definition) is 0. The highest BCUT2D eigenvalue weighted by Crippen LogP contribution is 2.33. The lowest BCUT2D eigenvalue weighted by Gasteiger charge is -2.12. The Kier molecular flexibility index (Phi) is 5.63. The van der Waals surface area contributed by atoms with Crippen LogP contribution in [0.5, 0.6) is 0 Å². The van der Waals surface area contributed by atoms with Crippen LogP contribution in [0.4, 0.5) is 13.2 Å². The first-order valence-electron chi connectivity index (χ1n) is 9.08. The number of halogens is 3. The summed E-state index contributed by atoms with van der Waals surface area (Å²) < 4.78 is 46.3. The molecular weight excluding hydrogens is 413 g/mol. The Balaban J connectivity index is 1.60. The van der Waals surface area contributed by atoms with Crippen LogP contribution >= 0.6 is 11.8 Å². The number of alkyl halides is 3. The van der Waals surface area contributed by atoms with Crippen LogP contribution in [0.3, 0.4) is 0 Å². The summed E-state index contributed by atoms with van der Waals surface area (Å²) in [4.78, 5) is 4.35. The third-order valence-corrected chi connectivity index (χ3v) is 5.51. The molecule has 30 heavy (non-hydrogen) atoms. The fraction of sp³-hybridized carbons (Fsp3) is 0.190. The van der Waals surface area contributed by atoms with E-state index in [9.17, 15) is 13.2 Å². The van der Waals surface area contributed by atoms with Crippen molar-refractivity contribution in [3.63, 3.8) is 0 Å². The zero-order valence-electron chi connectivity index (χ0n) is 15.9. The van der Waals surface area contributed by atoms with Crippen LogP contribution in [-0.2, 0) is 18.5 Å². The van der Waals surface area contributed by atoms with Gasteiger partial charge in [-0.05, 0) is 48.4 Å². The number of furan rings is 1. The van der Waals surface area contributed by atoms with E-state index in [-0.39, 0.29) is 5.56 Å². The lowest BCUT2D eigenvalue weighted by Crippen LogP contribution is -2.07. The zero-order valence-corrected chi connectivity index (χ0v) is 16.7. The van der Waals surface area contributed by atoms with Gasteiger partial charge in [0.1, 0.15) is 11.5 Å². The van der Waals surface area contributed by atoms with Crippen molar-refractivity contribution in [2.75, 3.05) is 0 Å². The Hall–Kier alpha value is -3.07. The van der Waals surface area contributed by atoms with Crippen molar-refractivity contribution in [1.82, 2.24) is 19.7 Å². The van der Waals surface area contributed by atoms with E-state index in [1.165, 1.54) is 24.8 Å². The molecule has 0 bridgehead atoms. The number of aryl methyl sites for hydroxylation is 1. The number of nitrogens with zero attached hydrogens (tertiary/aromatic N) is 4. The number of rotatable bonds is 6. The fourth-order valence-corrected chi connectivity index (χ4v) is 3.94. The monoisotopic (exact) mass is 430 g/mol. The van der Waals surface area contributed by atoms with Crippen LogP contribution < -0.4 is 0 Å². The first-order valence-corrected chi connectivity index (χ1v) is 10.1. The van der Waals surface area contributed by atoms with Gasteiger partial charge < -0.3 is 4.42 Å². The van der Waals surface area contributed by atoms with E-state index in [0.717, 1.165) is 17.4 Å². The van der Waals surface area contributed by atoms with E-state index in [4.69, 9.17) is 4.42 Å². The Labute approximate surface area is 175 Å². The fourth-order valence-electron chi connectivity index (χ4n) is 3.06. The van der Waals surface area contributed by atoms with Gasteiger partial charge in [-0.25, -0.2) is 0 Å². The molecule has 0 radical (unpaired) electrons. The number of hydrogen-bond acceptors (Lipinski definition) is 5. The molecule has 0 amide bonds. The number of aromatic nitrogens is 4. The second kappa shape index (κ2) is 8.35. The number of benzene rings is 1. The van der Waals surface area contributed by atoms with Crippen molar-refractivity contribution in [3.8, 4) is 11.5 Å². The van der Waals surface area contributed by atoms with Gasteiger partial charge in [-0.3, -0.25) is 9.55 Å². The molecule has 0 fully saturated rings. The van der Waals surface area contributed by atoms with Gasteiger partial charge in [0.25, 0.3) is 0 Å². The molecular formula is C21H17F3N4OS. The quantitative estimate of drug-likeness (QED) is 0.373. The third-order valence-electron chi connectivity index (χ3n) is 4.47. The molecule has 0 unspecified atom stereocenters. The van der Waals surface area contributed by atoms with Crippen molar-refractivity contribution in [1.29, 1.82) is 0 Å². The molecule has 0 saturated carbocycles. The SMILES string of the molecule is Cc1cc(CSc2nnc(-c3ccccn3)n2Cc2ccco2)ccc1C(F)(F)F. The molecule has 4 rings (SSSR count). The van der Waals surface area contributed by atoms with Gasteiger partial charge in [-0.2, -0.15) is 13.2 Å². The summed E-state index contributed by atoms with van der Waals surface area (Å²) in [5.41, 5.74) is 1.03. The van der Waals surface area contributed by atoms with E-state index in [0.29, 0.717) is 29.0 Å². The van der Waals surface area contributed by atoms with Crippen molar-refractivity contribution >= 4 is 11.8 Å². The molecule has 0 saturated heterocycles. The normalized spacial score (nSPS) is 11.7. The second-order valence-corrected chi connectivity index (χ2v) is 7.56. The van der Waals surface area contributed by atoms with E-state index in [2.05, 4.69) is 15.2 Å². The summed E-state index contributed by atoms with van der Waals surface area (Å²) >= 11 is 1.40. The van der Waals surface area contributed by atoms with Gasteiger partial charge >= 0.3 is 6.18 Å². The maximum Gasteiger partial charge on any atom is 0.416 e. The molecule has 9 heteroatoms. The Bertz CT molecular complexity index is 1130. The molecule has 0 aliphatic heterocycles. The molecule has 0 atom stereocenters. The van der Waals surface area contributed by atoms with Gasteiger partial charge in [-0.15, -0.1) is 10.2 Å². The molecule has 0 aliphatic rings. The van der Waals surface area contributed by atoms with Crippen molar-refractivity contribution in [2.24, 2.45) is 0 Å². The summed E-state index contributed by atoms with van der Waals surface area (Å²) in [6, 6.07) is 13.4. The van der Waals surface area contributed by atoms with Gasteiger partial charge in [0, 0.05) is 11.9 Å². The molecule has 4 aromatic rings. The van der Waals surface area contributed by atoms with Crippen molar-refractivity contribution in [2.45, 2.75) is 30.6 Å². The minimum atomic E-state index is -4.35. The van der Waals surface area contributed by atoms with E-state index >= 15 is 0 Å². The highest BCUT2D eigenvalue weighted by atomic mass is 32.2. The highest BCUT2D eigenvalue weighted by Gasteiger charge is 2.32. The van der Waals surface area contributed by atoms with Gasteiger partial charge in [0.05, 0.1) is 18.4 Å². The lowest BCUT2D eigenvalue weighted by molar-refractivity contribution is -0.138. The first kappa shape index (κ1) is 20.2. The molecule has 3 aromatic heterocycles. The molecule has 154 valence electrons. The predicted octanol–water partition coefficient (Wildman–Crippen LogP) is 5.60. The molecule has 0 spiro atoms. The minimum Gasteiger partial charge on any atom is -0.467 e. The number of pyridine rings is 1. The Morgan fingerprint density at radius 3 is 2.60 bits per heavy atom. The molecule has 1 aromatic carbocycles. The van der Waals surface area contributed by atoms with Crippen LogP contribution in [0.2, 0.25) is 0 Å². The zero-order chi connectivity index (χ0) is 21.1. The van der Waals surface area contributed by atoms with E-state index in [1.807, 2.05) is 28.8 Å². The molecule has 5 nitrogen and oxygen atoms in total. The summed E-state index contributed by atoms with van der Waals surface area (Å²) in [7, 11) is 0. The van der Waals surface area contributed by atoms with E-state index < -0.39 is 11.7 Å². The van der Waals surface area contributed by atoms with Crippen LogP contribution in [0.1, 0.15) is 22.5 Å². The molecule has 0 N–H and O–H groups in total. The third kappa shape index (κ3) is 4.40. The average Bonchev–Trinajstić information content (AvgIpc) is 3.36. The predicted molar refractivity (Wildman–Crippen MR) is 107 cm³/mol. The number of thioether (sulfide) groups is 1. The average molecular weight is 430 g/mol. The Morgan fingerprint density at radius 1 is 1.07 bits per heavy atom. The van der Waals surface area contributed by atoms with Gasteiger partial charge in [0.15, 0.2) is 11.0 Å². The largest absolute Gasteiger partial charge is 0.467 e. The smallest absolute Gasteiger partial charge is 0.416 e. The summed E-state index contributed by atoms with van der Waals surface area (Å²) in [6.07, 6.45) is -1.08. The summed E-state index contributed by atoms with van der Waals surface area (Å²) in [5, 5.41) is 9.19. The van der Waals surface area contributed by atoms with E-state index in [1.54, 1.807) is 24.6 Å². The maximum absolute atomic E-state index is 13.0.